The lowest BCUT2D eigenvalue weighted by Gasteiger charge is -2.29. The highest BCUT2D eigenvalue weighted by Crippen LogP contribution is 2.35. The van der Waals surface area contributed by atoms with Crippen molar-refractivity contribution in [2.75, 3.05) is 70.8 Å². The summed E-state index contributed by atoms with van der Waals surface area (Å²) >= 11 is 1.71. The molecule has 2 aromatic rings. The minimum atomic E-state index is -4.33. The molecule has 3 heterocycles. The first-order valence-corrected chi connectivity index (χ1v) is 50.7. The summed E-state index contributed by atoms with van der Waals surface area (Å²) in [4.78, 5) is 219. The first-order valence-electron chi connectivity index (χ1n) is 47.9. The third-order valence-electron chi connectivity index (χ3n) is 22.5. The number of benzene rings is 1. The summed E-state index contributed by atoms with van der Waals surface area (Å²) in [7, 11) is -4.33. The minimum Gasteiger partial charge on any atom is -0.487 e. The van der Waals surface area contributed by atoms with E-state index in [0.29, 0.717) is 30.5 Å². The fourth-order valence-electron chi connectivity index (χ4n) is 15.0. The number of amides is 13. The predicted molar refractivity (Wildman–Crippen MR) is 543 cm³/mol. The van der Waals surface area contributed by atoms with Crippen molar-refractivity contribution >= 4 is 156 Å². The van der Waals surface area contributed by atoms with E-state index in [1.165, 1.54) is 35.1 Å². The Bertz CT molecular complexity index is 4870. The van der Waals surface area contributed by atoms with Gasteiger partial charge in [0.05, 0.1) is 31.0 Å². The van der Waals surface area contributed by atoms with E-state index in [-0.39, 0.29) is 236 Å². The molecule has 53 N–H and O–H groups in total. The second-order valence-electron chi connectivity index (χ2n) is 34.7. The molecular formula is C83H148N43O20PS. The van der Waals surface area contributed by atoms with Crippen LogP contribution in [0.1, 0.15) is 165 Å². The van der Waals surface area contributed by atoms with E-state index in [1.807, 2.05) is 0 Å². The molecule has 0 radical (unpaired) electrons. The number of guanidine groups is 9. The maximum Gasteiger partial charge on any atom is 0.327 e. The number of nitrogens with two attached hydrogens (primary N) is 9. The van der Waals surface area contributed by atoms with Gasteiger partial charge >= 0.3 is 25.6 Å². The molecule has 0 unspecified atom stereocenters. The van der Waals surface area contributed by atoms with Crippen molar-refractivity contribution in [1.82, 2.24) is 132 Å². The van der Waals surface area contributed by atoms with Gasteiger partial charge in [0.2, 0.25) is 65.0 Å². The molecule has 0 spiro atoms. The van der Waals surface area contributed by atoms with Crippen molar-refractivity contribution in [3.63, 3.8) is 0 Å². The Morgan fingerprint density at radius 2 is 0.682 bits per heavy atom. The summed E-state index contributed by atoms with van der Waals surface area (Å²) in [6, 6.07) is -12.7. The van der Waals surface area contributed by atoms with Gasteiger partial charge in [0.1, 0.15) is 84.5 Å². The average molecular weight is 2130 g/mol. The fraction of sp³-hybridized carbons (Fsp3) is 0.627. The van der Waals surface area contributed by atoms with Crippen molar-refractivity contribution in [2.45, 2.75) is 257 Å². The molecule has 2 aliphatic heterocycles. The number of nitrogens with one attached hydrogen (secondary N) is 31. The van der Waals surface area contributed by atoms with E-state index in [9.17, 15) is 67.7 Å². The maximum absolute atomic E-state index is 15.2. The van der Waals surface area contributed by atoms with Gasteiger partial charge in [-0.25, -0.2) is 9.59 Å². The summed E-state index contributed by atoms with van der Waals surface area (Å²) < 4.78 is 18.3. The molecule has 2 fully saturated rings. The summed E-state index contributed by atoms with van der Waals surface area (Å²) in [5.74, 6) is -17.6. The van der Waals surface area contributed by atoms with Crippen LogP contribution < -0.4 is 173 Å². The number of hydrogen-bond donors (Lipinski definition) is 44. The van der Waals surface area contributed by atoms with Crippen LogP contribution in [0.5, 0.6) is 5.75 Å². The lowest BCUT2D eigenvalue weighted by molar-refractivity contribution is -0.142. The van der Waals surface area contributed by atoms with E-state index in [0.717, 1.165) is 5.75 Å². The zero-order valence-corrected chi connectivity index (χ0v) is 83.8. The van der Waals surface area contributed by atoms with Crippen LogP contribution >= 0.6 is 19.4 Å². The van der Waals surface area contributed by atoms with Crippen LogP contribution in [0, 0.1) is 48.7 Å². The predicted octanol–water partition coefficient (Wildman–Crippen LogP) is -11.0. The highest BCUT2D eigenvalue weighted by molar-refractivity contribution is 8.00. The zero-order valence-electron chi connectivity index (χ0n) is 82.1. The van der Waals surface area contributed by atoms with Crippen molar-refractivity contribution in [2.24, 2.45) is 51.6 Å². The lowest BCUT2D eigenvalue weighted by atomic mass is 10.0. The standard InChI is InChI=1S/C83H148N43O20PS/c84-74(85)102-29-3-12-47(111-60(127)22-2-1-21-59-62-58(43-148-59)122-83(142)123-62)63(130)112-48(13-4-30-103-75(86)87)64(131)113-49(14-5-31-104-76(88)89)65(132)114-50(15-6-32-105-77(90)91)66(133)115-51(16-7-33-106-78(92)93)67(134)116-52(17-8-34-107-79(94)95)68(135)117-53(18-9-35-108-80(96)97)69(136)118-54(19-10-36-109-81(98)99)70(137)120-56(27-28-61(128)129)72(139)119-55(20-11-37-110-82(100)101)71(138)121-57(73(140)141)40-44-23-25-46(26-24-44)146-42-45-41-126(125-124-45)38-39-147(143,144)145/h23-26,41,47-59,62H,1-22,27-40,42-43H2,(H,111,127)(H,112,130)(H,113,131)(H,114,132)(H,115,133)(H,116,134)(H,117,135)(H,118,136)(H,119,139)(H,120,137)(H,121,138)(H,128,129)(H,140,141)(H4,84,85,102)(H4,86,87,103)(H4,88,89,104)(H4,90,91,105)(H4,92,93,106)(H4,94,95,107)(H4,96,97,108)(H4,98,99,109)(H4,100,101,110)(H2,122,123,142)(H2,143,144,145)/t47-,48-,49-,50-,51-,52-,53-,54-,55-,56-,57-,58-,59-,62-/m0/s1. The number of carbonyl (C=O) groups is 14. The van der Waals surface area contributed by atoms with Crippen LogP contribution in [0.15, 0.2) is 30.5 Å². The number of carbonyl (C=O) groups excluding carboxylic acids is 12. The van der Waals surface area contributed by atoms with Gasteiger partial charge in [-0.2, -0.15) is 11.8 Å². The van der Waals surface area contributed by atoms with Crippen molar-refractivity contribution < 1.29 is 96.4 Å². The number of carboxylic acids is 2. The lowest BCUT2D eigenvalue weighted by Crippen LogP contribution is -2.61. The van der Waals surface area contributed by atoms with E-state index in [4.69, 9.17) is 105 Å². The molecule has 14 atom stereocenters. The van der Waals surface area contributed by atoms with Crippen molar-refractivity contribution in [3.8, 4) is 5.75 Å². The van der Waals surface area contributed by atoms with Gasteiger partial charge in [0.15, 0.2) is 53.6 Å². The average Bonchev–Trinajstić information content (AvgIpc) is 1.66. The molecule has 13 amide bonds. The van der Waals surface area contributed by atoms with Crippen LogP contribution in [0.4, 0.5) is 4.79 Å². The number of ether oxygens (including phenoxy) is 1. The SMILES string of the molecule is N=C(N)NCCC[C@H](NC(=O)CCCC[C@@H]1SC[C@@H]2NC(=O)N[C@@H]21)C(=O)N[C@@H](CCCNC(=N)N)C(=O)N[C@@H](CCCNC(=N)N)C(=O)N[C@@H](CCCNC(=N)N)C(=O)N[C@@H](CCCNC(=N)N)C(=O)N[C@@H](CCCNC(=N)N)C(=O)N[C@@H](CCCNC(=N)N)C(=O)N[C@@H](CCCNC(=N)N)C(=O)N[C@@H](CCC(=O)O)C(=O)N[C@@H](CCCNC(=N)N)C(=O)N[C@@H](Cc1ccc(OCc2cn(CCP(=O)(O)O)nn2)cc1)C(=O)O. The van der Waals surface area contributed by atoms with Crippen molar-refractivity contribution in [1.29, 1.82) is 48.7 Å². The Morgan fingerprint density at radius 1 is 0.399 bits per heavy atom. The monoisotopic (exact) mass is 2130 g/mol. The summed E-state index contributed by atoms with van der Waals surface area (Å²) in [6.07, 6.45) is -2.07. The smallest absolute Gasteiger partial charge is 0.327 e. The minimum absolute atomic E-state index is 0.00224. The number of rotatable bonds is 74. The van der Waals surface area contributed by atoms with Gasteiger partial charge < -0.3 is 193 Å². The molecule has 65 heteroatoms. The number of thioether (sulfide) groups is 1. The molecular weight excluding hydrogens is 1980 g/mol. The molecule has 2 saturated heterocycles. The summed E-state index contributed by atoms with van der Waals surface area (Å²) in [6.45, 7) is -0.878. The molecule has 1 aromatic heterocycles. The van der Waals surface area contributed by atoms with Gasteiger partial charge in [0, 0.05) is 89.2 Å². The molecule has 148 heavy (non-hydrogen) atoms. The molecule has 1 aromatic carbocycles. The molecule has 4 rings (SSSR count). The van der Waals surface area contributed by atoms with Gasteiger partial charge in [-0.05, 0) is 153 Å². The second-order valence-corrected chi connectivity index (χ2v) is 37.8. The highest BCUT2D eigenvalue weighted by Gasteiger charge is 2.44. The number of urea groups is 1. The van der Waals surface area contributed by atoms with Crippen LogP contribution in [0.2, 0.25) is 0 Å². The van der Waals surface area contributed by atoms with Crippen LogP contribution in [0.25, 0.3) is 0 Å². The quantitative estimate of drug-likeness (QED) is 0.00961. The largest absolute Gasteiger partial charge is 0.487 e. The Balaban J connectivity index is 1.73. The fourth-order valence-corrected chi connectivity index (χ4v) is 17.1. The second kappa shape index (κ2) is 67.2. The molecule has 0 aliphatic carbocycles. The number of aryl methyl sites for hydroxylation is 1. The maximum atomic E-state index is 15.2. The first-order chi connectivity index (χ1) is 70.0. The Morgan fingerprint density at radius 3 is 0.959 bits per heavy atom. The van der Waals surface area contributed by atoms with Gasteiger partial charge in [0.25, 0.3) is 0 Å². The summed E-state index contributed by atoms with van der Waals surface area (Å²) in [5, 5.41) is 156. The van der Waals surface area contributed by atoms with Gasteiger partial charge in [-0.15, -0.1) is 5.10 Å². The topological polar surface area (TPSA) is 1090 Å². The third-order valence-corrected chi connectivity index (χ3v) is 24.8. The normalized spacial score (nSPS) is 15.5. The summed E-state index contributed by atoms with van der Waals surface area (Å²) in [5.41, 5.74) is 51.0. The molecule has 0 bridgehead atoms. The van der Waals surface area contributed by atoms with E-state index >= 15 is 24.0 Å². The Hall–Kier alpha value is -15.5. The van der Waals surface area contributed by atoms with Gasteiger partial charge in [-0.1, -0.05) is 23.8 Å². The number of carboxylic acid groups (broad SMARTS) is 2. The molecule has 0 saturated carbocycles. The van der Waals surface area contributed by atoms with Crippen LogP contribution in [-0.2, 0) is 86.5 Å². The first kappa shape index (κ1) is 125. The van der Waals surface area contributed by atoms with Crippen LogP contribution in [0.3, 0.4) is 0 Å². The number of nitrogens with zero attached hydrogens (tertiary/aromatic N) is 3. The molecule has 2 aliphatic rings. The Labute approximate surface area is 856 Å². The van der Waals surface area contributed by atoms with Crippen LogP contribution in [-0.4, -0.2) is 326 Å². The highest BCUT2D eigenvalue weighted by atomic mass is 32.2. The Kier molecular flexibility index (Phi) is 56.7. The van der Waals surface area contributed by atoms with E-state index in [1.54, 1.807) is 11.8 Å². The molecule has 826 valence electrons. The van der Waals surface area contributed by atoms with E-state index < -0.39 is 218 Å². The number of aliphatic carboxylic acids is 2. The third kappa shape index (κ3) is 53.3. The number of hydrogen-bond acceptors (Lipinski definition) is 28. The number of fused-ring (bicyclic) bond motifs is 1. The zero-order chi connectivity index (χ0) is 110. The van der Waals surface area contributed by atoms with E-state index in [2.05, 4.69) is 127 Å². The van der Waals surface area contributed by atoms with Crippen molar-refractivity contribution in [3.05, 3.63) is 41.7 Å². The van der Waals surface area contributed by atoms with Gasteiger partial charge in [-0.3, -0.25) is 115 Å². The molecule has 63 nitrogen and oxygen atoms in total. The number of unbranched alkanes of at least 4 members (excludes halogenated alkanes) is 1. The number of aromatic nitrogens is 3.